The average Bonchev–Trinajstić information content (AvgIpc) is 3.05. The fourth-order valence-corrected chi connectivity index (χ4v) is 2.97. The average molecular weight is 288 g/mol. The van der Waals surface area contributed by atoms with E-state index >= 15 is 0 Å². The second-order valence-electron chi connectivity index (χ2n) is 4.75. The van der Waals surface area contributed by atoms with Gasteiger partial charge in [-0.3, -0.25) is 4.79 Å². The van der Waals surface area contributed by atoms with Gasteiger partial charge in [0.1, 0.15) is 11.4 Å². The minimum Gasteiger partial charge on any atom is -0.453 e. The molecule has 0 aliphatic heterocycles. The first kappa shape index (κ1) is 13.1. The Hall–Kier alpha value is -1.94. The summed E-state index contributed by atoms with van der Waals surface area (Å²) < 4.78 is 18.8. The number of Topliss-reactive ketones (excluding diaryl/α,β-unsaturated/α-hetero) is 1. The van der Waals surface area contributed by atoms with Gasteiger partial charge in [-0.2, -0.15) is 11.3 Å². The van der Waals surface area contributed by atoms with Gasteiger partial charge in [0, 0.05) is 17.4 Å². The predicted octanol–water partition coefficient (Wildman–Crippen LogP) is 4.76. The molecule has 4 heteroatoms. The highest BCUT2D eigenvalue weighted by molar-refractivity contribution is 7.07. The molecule has 0 aliphatic rings. The van der Waals surface area contributed by atoms with E-state index < -0.39 is 0 Å². The second-order valence-corrected chi connectivity index (χ2v) is 5.53. The summed E-state index contributed by atoms with van der Waals surface area (Å²) in [6.45, 7) is 1.79. The molecule has 20 heavy (non-hydrogen) atoms. The number of hydrogen-bond donors (Lipinski definition) is 0. The van der Waals surface area contributed by atoms with Crippen molar-refractivity contribution in [3.8, 4) is 0 Å². The minimum atomic E-state index is -0.321. The Bertz CT molecular complexity index is 756. The van der Waals surface area contributed by atoms with Crippen molar-refractivity contribution in [3.05, 3.63) is 57.7 Å². The minimum absolute atomic E-state index is 0.0368. The molecule has 0 unspecified atom stereocenters. The van der Waals surface area contributed by atoms with Gasteiger partial charge < -0.3 is 4.42 Å². The van der Waals surface area contributed by atoms with E-state index in [0.717, 1.165) is 11.1 Å². The molecule has 0 saturated heterocycles. The number of aryl methyl sites for hydroxylation is 2. The molecule has 2 aromatic heterocycles. The third-order valence-corrected chi connectivity index (χ3v) is 4.10. The zero-order chi connectivity index (χ0) is 14.1. The van der Waals surface area contributed by atoms with Gasteiger partial charge in [0.2, 0.25) is 0 Å². The molecule has 0 aliphatic carbocycles. The third-order valence-electron chi connectivity index (χ3n) is 3.37. The van der Waals surface area contributed by atoms with Crippen LogP contribution in [0.4, 0.5) is 4.39 Å². The molecule has 0 atom stereocenters. The number of furan rings is 1. The standard InChI is InChI=1S/C16H13FO2S/c1-10-13-8-12(17)3-5-15(13)19-16(10)14(18)4-2-11-6-7-20-9-11/h3,5-9H,2,4H2,1H3. The Labute approximate surface area is 119 Å². The Kier molecular flexibility index (Phi) is 3.40. The summed E-state index contributed by atoms with van der Waals surface area (Å²) in [5.74, 6) is -0.00944. The van der Waals surface area contributed by atoms with Gasteiger partial charge in [0.05, 0.1) is 0 Å². The summed E-state index contributed by atoms with van der Waals surface area (Å²) in [7, 11) is 0. The maximum Gasteiger partial charge on any atom is 0.198 e. The largest absolute Gasteiger partial charge is 0.453 e. The Morgan fingerprint density at radius 2 is 2.20 bits per heavy atom. The van der Waals surface area contributed by atoms with Gasteiger partial charge in [-0.25, -0.2) is 4.39 Å². The van der Waals surface area contributed by atoms with Gasteiger partial charge in [0.25, 0.3) is 0 Å². The van der Waals surface area contributed by atoms with E-state index in [-0.39, 0.29) is 11.6 Å². The molecular weight excluding hydrogens is 275 g/mol. The lowest BCUT2D eigenvalue weighted by Crippen LogP contribution is -2.00. The molecule has 0 amide bonds. The lowest BCUT2D eigenvalue weighted by Gasteiger charge is -1.97. The number of ketones is 1. The van der Waals surface area contributed by atoms with E-state index in [0.29, 0.717) is 29.6 Å². The van der Waals surface area contributed by atoms with Gasteiger partial charge in [-0.05, 0) is 53.9 Å². The summed E-state index contributed by atoms with van der Waals surface area (Å²) in [6.07, 6.45) is 1.10. The smallest absolute Gasteiger partial charge is 0.198 e. The SMILES string of the molecule is Cc1c(C(=O)CCc2ccsc2)oc2ccc(F)cc12. The highest BCUT2D eigenvalue weighted by Gasteiger charge is 2.17. The van der Waals surface area contributed by atoms with Crippen molar-refractivity contribution in [1.29, 1.82) is 0 Å². The Morgan fingerprint density at radius 1 is 1.35 bits per heavy atom. The monoisotopic (exact) mass is 288 g/mol. The highest BCUT2D eigenvalue weighted by Crippen LogP contribution is 2.27. The summed E-state index contributed by atoms with van der Waals surface area (Å²) >= 11 is 1.62. The van der Waals surface area contributed by atoms with Crippen LogP contribution in [0.15, 0.2) is 39.4 Å². The van der Waals surface area contributed by atoms with Crippen molar-refractivity contribution in [2.75, 3.05) is 0 Å². The van der Waals surface area contributed by atoms with Crippen LogP contribution in [0.5, 0.6) is 0 Å². The van der Waals surface area contributed by atoms with Crippen LogP contribution in [0.2, 0.25) is 0 Å². The number of carbonyl (C=O) groups excluding carboxylic acids is 1. The number of benzene rings is 1. The Morgan fingerprint density at radius 3 is 2.95 bits per heavy atom. The summed E-state index contributed by atoms with van der Waals surface area (Å²) in [6, 6.07) is 6.32. The number of carbonyl (C=O) groups is 1. The van der Waals surface area contributed by atoms with Crippen molar-refractivity contribution in [3.63, 3.8) is 0 Å². The molecule has 0 fully saturated rings. The van der Waals surface area contributed by atoms with Crippen LogP contribution in [-0.4, -0.2) is 5.78 Å². The molecule has 2 nitrogen and oxygen atoms in total. The van der Waals surface area contributed by atoms with Crippen LogP contribution >= 0.6 is 11.3 Å². The zero-order valence-electron chi connectivity index (χ0n) is 11.0. The summed E-state index contributed by atoms with van der Waals surface area (Å²) in [5.41, 5.74) is 2.43. The zero-order valence-corrected chi connectivity index (χ0v) is 11.8. The van der Waals surface area contributed by atoms with E-state index in [4.69, 9.17) is 4.42 Å². The maximum atomic E-state index is 13.2. The van der Waals surface area contributed by atoms with E-state index in [2.05, 4.69) is 0 Å². The molecule has 3 rings (SSSR count). The maximum absolute atomic E-state index is 13.2. The van der Waals surface area contributed by atoms with E-state index in [1.807, 2.05) is 16.8 Å². The molecule has 0 spiro atoms. The molecule has 0 saturated carbocycles. The van der Waals surface area contributed by atoms with Crippen molar-refractivity contribution in [2.45, 2.75) is 19.8 Å². The van der Waals surface area contributed by atoms with Crippen molar-refractivity contribution in [1.82, 2.24) is 0 Å². The summed E-state index contributed by atoms with van der Waals surface area (Å²) in [5, 5.41) is 4.70. The number of hydrogen-bond acceptors (Lipinski definition) is 3. The number of rotatable bonds is 4. The number of fused-ring (bicyclic) bond motifs is 1. The van der Waals surface area contributed by atoms with E-state index in [1.165, 1.54) is 12.1 Å². The first-order chi connectivity index (χ1) is 9.65. The van der Waals surface area contributed by atoms with Gasteiger partial charge in [0.15, 0.2) is 11.5 Å². The molecule has 3 aromatic rings. The normalized spacial score (nSPS) is 11.1. The van der Waals surface area contributed by atoms with Gasteiger partial charge in [-0.15, -0.1) is 0 Å². The molecular formula is C16H13FO2S. The fourth-order valence-electron chi connectivity index (χ4n) is 2.27. The van der Waals surface area contributed by atoms with E-state index in [1.54, 1.807) is 24.3 Å². The van der Waals surface area contributed by atoms with Crippen LogP contribution in [0.25, 0.3) is 11.0 Å². The van der Waals surface area contributed by atoms with Gasteiger partial charge in [-0.1, -0.05) is 0 Å². The molecule has 0 radical (unpaired) electrons. The fraction of sp³-hybridized carbons (Fsp3) is 0.188. The van der Waals surface area contributed by atoms with Gasteiger partial charge >= 0.3 is 0 Å². The van der Waals surface area contributed by atoms with Crippen LogP contribution in [0, 0.1) is 12.7 Å². The predicted molar refractivity (Wildman–Crippen MR) is 77.9 cm³/mol. The quantitative estimate of drug-likeness (QED) is 0.648. The lowest BCUT2D eigenvalue weighted by molar-refractivity contribution is 0.0957. The van der Waals surface area contributed by atoms with Crippen molar-refractivity contribution in [2.24, 2.45) is 0 Å². The van der Waals surface area contributed by atoms with E-state index in [9.17, 15) is 9.18 Å². The van der Waals surface area contributed by atoms with Crippen molar-refractivity contribution < 1.29 is 13.6 Å². The van der Waals surface area contributed by atoms with Crippen molar-refractivity contribution >= 4 is 28.1 Å². The molecule has 0 N–H and O–H groups in total. The van der Waals surface area contributed by atoms with Crippen LogP contribution in [-0.2, 0) is 6.42 Å². The highest BCUT2D eigenvalue weighted by atomic mass is 32.1. The molecule has 102 valence electrons. The second kappa shape index (κ2) is 5.21. The third kappa shape index (κ3) is 2.39. The lowest BCUT2D eigenvalue weighted by atomic mass is 10.1. The van der Waals surface area contributed by atoms with Crippen LogP contribution in [0.1, 0.15) is 28.1 Å². The van der Waals surface area contributed by atoms with Crippen LogP contribution < -0.4 is 0 Å². The number of halogens is 1. The first-order valence-electron chi connectivity index (χ1n) is 6.38. The van der Waals surface area contributed by atoms with Crippen LogP contribution in [0.3, 0.4) is 0 Å². The number of thiophene rings is 1. The summed E-state index contributed by atoms with van der Waals surface area (Å²) in [4.78, 5) is 12.2. The molecule has 0 bridgehead atoms. The Balaban J connectivity index is 1.86. The topological polar surface area (TPSA) is 30.2 Å². The molecule has 1 aromatic carbocycles. The first-order valence-corrected chi connectivity index (χ1v) is 7.32. The molecule has 2 heterocycles.